The van der Waals surface area contributed by atoms with Crippen LogP contribution in [0.15, 0.2) is 60.1 Å². The fraction of sp³-hybridized carbons (Fsp3) is 0.273. The lowest BCUT2D eigenvalue weighted by Crippen LogP contribution is -2.43. The van der Waals surface area contributed by atoms with Crippen molar-refractivity contribution >= 4 is 22.9 Å². The van der Waals surface area contributed by atoms with Gasteiger partial charge in [-0.15, -0.1) is 11.3 Å². The van der Waals surface area contributed by atoms with Crippen molar-refractivity contribution in [2.45, 2.75) is 32.7 Å². The molecular weight excluding hydrogens is 370 g/mol. The molecular formula is C22H25N3O2S. The number of anilines is 1. The first-order chi connectivity index (χ1) is 13.5. The smallest absolute Gasteiger partial charge is 0.238 e. The summed E-state index contributed by atoms with van der Waals surface area (Å²) < 4.78 is 5.95. The second-order valence-corrected chi connectivity index (χ2v) is 7.73. The Morgan fingerprint density at radius 3 is 2.61 bits per heavy atom. The molecule has 0 radical (unpaired) electrons. The number of hydrogen-bond donors (Lipinski definition) is 2. The minimum absolute atomic E-state index is 0.129. The Bertz CT molecular complexity index is 910. The molecule has 3 aromatic rings. The third-order valence-electron chi connectivity index (χ3n) is 4.66. The van der Waals surface area contributed by atoms with Gasteiger partial charge in [-0.25, -0.2) is 4.98 Å². The first kappa shape index (κ1) is 20.0. The molecule has 2 N–H and O–H groups in total. The van der Waals surface area contributed by atoms with Crippen molar-refractivity contribution in [1.82, 2.24) is 10.3 Å². The number of para-hydroxylation sites is 2. The van der Waals surface area contributed by atoms with E-state index >= 15 is 0 Å². The molecule has 0 aliphatic carbocycles. The van der Waals surface area contributed by atoms with Crippen LogP contribution in [-0.4, -0.2) is 17.4 Å². The number of ether oxygens (including phenoxy) is 1. The maximum atomic E-state index is 12.5. The van der Waals surface area contributed by atoms with Crippen molar-refractivity contribution in [1.29, 1.82) is 0 Å². The topological polar surface area (TPSA) is 63.2 Å². The van der Waals surface area contributed by atoms with Crippen molar-refractivity contribution in [3.8, 4) is 11.5 Å². The van der Waals surface area contributed by atoms with Gasteiger partial charge in [0.1, 0.15) is 10.8 Å². The monoisotopic (exact) mass is 395 g/mol. The van der Waals surface area contributed by atoms with E-state index in [9.17, 15) is 4.79 Å². The zero-order valence-corrected chi connectivity index (χ0v) is 17.2. The van der Waals surface area contributed by atoms with Crippen LogP contribution in [0.25, 0.3) is 0 Å². The molecule has 0 fully saturated rings. The fourth-order valence-corrected chi connectivity index (χ4v) is 3.56. The number of rotatable bonds is 8. The molecule has 1 amide bonds. The SMILES string of the molecule is CCC(C)(NCC(=O)Nc1ccccc1Oc1ccc(C)cc1)c1nccs1. The number of aromatic nitrogens is 1. The molecule has 0 spiro atoms. The fourth-order valence-electron chi connectivity index (χ4n) is 2.71. The van der Waals surface area contributed by atoms with Gasteiger partial charge in [0.05, 0.1) is 17.8 Å². The quantitative estimate of drug-likeness (QED) is 0.557. The summed E-state index contributed by atoms with van der Waals surface area (Å²) in [6, 6.07) is 15.2. The summed E-state index contributed by atoms with van der Waals surface area (Å²) in [5, 5.41) is 9.21. The number of amides is 1. The highest BCUT2D eigenvalue weighted by Gasteiger charge is 2.27. The molecule has 1 unspecified atom stereocenters. The van der Waals surface area contributed by atoms with E-state index < -0.39 is 0 Å². The van der Waals surface area contributed by atoms with E-state index in [0.29, 0.717) is 11.4 Å². The molecule has 1 aromatic heterocycles. The molecule has 28 heavy (non-hydrogen) atoms. The van der Waals surface area contributed by atoms with Crippen LogP contribution >= 0.6 is 11.3 Å². The number of benzene rings is 2. The Balaban J connectivity index is 1.65. The Kier molecular flexibility index (Phi) is 6.44. The van der Waals surface area contributed by atoms with Gasteiger partial charge in [0.15, 0.2) is 5.75 Å². The molecule has 1 atom stereocenters. The number of aryl methyl sites for hydroxylation is 1. The molecule has 0 aliphatic rings. The highest BCUT2D eigenvalue weighted by Crippen LogP contribution is 2.30. The Morgan fingerprint density at radius 1 is 1.18 bits per heavy atom. The van der Waals surface area contributed by atoms with E-state index in [2.05, 4.69) is 29.5 Å². The van der Waals surface area contributed by atoms with E-state index in [4.69, 9.17) is 4.74 Å². The van der Waals surface area contributed by atoms with Gasteiger partial charge in [-0.2, -0.15) is 0 Å². The van der Waals surface area contributed by atoms with Crippen molar-refractivity contribution in [2.24, 2.45) is 0 Å². The lowest BCUT2D eigenvalue weighted by atomic mass is 10.00. The van der Waals surface area contributed by atoms with Gasteiger partial charge >= 0.3 is 0 Å². The maximum Gasteiger partial charge on any atom is 0.238 e. The van der Waals surface area contributed by atoms with Crippen molar-refractivity contribution < 1.29 is 9.53 Å². The molecule has 6 heteroatoms. The van der Waals surface area contributed by atoms with Crippen molar-refractivity contribution in [2.75, 3.05) is 11.9 Å². The van der Waals surface area contributed by atoms with E-state index in [1.54, 1.807) is 17.5 Å². The molecule has 0 aliphatic heterocycles. The number of nitrogens with zero attached hydrogens (tertiary/aromatic N) is 1. The highest BCUT2D eigenvalue weighted by molar-refractivity contribution is 7.09. The summed E-state index contributed by atoms with van der Waals surface area (Å²) in [5.41, 5.74) is 1.48. The number of carbonyl (C=O) groups is 1. The molecule has 146 valence electrons. The third-order valence-corrected chi connectivity index (χ3v) is 5.70. The summed E-state index contributed by atoms with van der Waals surface area (Å²) in [6.07, 6.45) is 2.62. The average molecular weight is 396 g/mol. The van der Waals surface area contributed by atoms with E-state index in [-0.39, 0.29) is 18.0 Å². The molecule has 2 aromatic carbocycles. The molecule has 0 saturated carbocycles. The van der Waals surface area contributed by atoms with Crippen LogP contribution in [0.1, 0.15) is 30.8 Å². The van der Waals surface area contributed by atoms with Crippen LogP contribution < -0.4 is 15.4 Å². The predicted octanol–water partition coefficient (Wildman–Crippen LogP) is 5.10. The highest BCUT2D eigenvalue weighted by atomic mass is 32.1. The van der Waals surface area contributed by atoms with Gasteiger partial charge < -0.3 is 10.1 Å². The van der Waals surface area contributed by atoms with E-state index in [1.807, 2.05) is 60.8 Å². The Hall–Kier alpha value is -2.70. The summed E-state index contributed by atoms with van der Waals surface area (Å²) in [4.78, 5) is 16.9. The largest absolute Gasteiger partial charge is 0.455 e. The van der Waals surface area contributed by atoms with Gasteiger partial charge in [0, 0.05) is 11.6 Å². The van der Waals surface area contributed by atoms with Gasteiger partial charge in [0.2, 0.25) is 5.91 Å². The van der Waals surface area contributed by atoms with Gasteiger partial charge in [0.25, 0.3) is 0 Å². The minimum Gasteiger partial charge on any atom is -0.455 e. The van der Waals surface area contributed by atoms with Crippen LogP contribution in [-0.2, 0) is 10.3 Å². The summed E-state index contributed by atoms with van der Waals surface area (Å²) >= 11 is 1.59. The summed E-state index contributed by atoms with van der Waals surface area (Å²) in [5.74, 6) is 1.21. The zero-order valence-electron chi connectivity index (χ0n) is 16.4. The van der Waals surface area contributed by atoms with E-state index in [0.717, 1.165) is 17.2 Å². The zero-order chi connectivity index (χ0) is 20.0. The van der Waals surface area contributed by atoms with Crippen LogP contribution in [0.3, 0.4) is 0 Å². The number of thiazole rings is 1. The lowest BCUT2D eigenvalue weighted by Gasteiger charge is -2.27. The standard InChI is InChI=1S/C22H25N3O2S/c1-4-22(3,21-23-13-14-28-21)24-15-20(26)25-18-7-5-6-8-19(18)27-17-11-9-16(2)10-12-17/h5-14,24H,4,15H2,1-3H3,(H,25,26). The Morgan fingerprint density at radius 2 is 1.93 bits per heavy atom. The lowest BCUT2D eigenvalue weighted by molar-refractivity contribution is -0.115. The summed E-state index contributed by atoms with van der Waals surface area (Å²) in [7, 11) is 0. The first-order valence-corrected chi connectivity index (χ1v) is 10.2. The van der Waals surface area contributed by atoms with Gasteiger partial charge in [-0.1, -0.05) is 36.8 Å². The second-order valence-electron chi connectivity index (χ2n) is 6.84. The van der Waals surface area contributed by atoms with E-state index in [1.165, 1.54) is 5.56 Å². The van der Waals surface area contributed by atoms with Gasteiger partial charge in [-0.05, 0) is 44.5 Å². The van der Waals surface area contributed by atoms with Crippen LogP contribution in [0, 0.1) is 6.92 Å². The predicted molar refractivity (Wildman–Crippen MR) is 114 cm³/mol. The maximum absolute atomic E-state index is 12.5. The molecule has 5 nitrogen and oxygen atoms in total. The first-order valence-electron chi connectivity index (χ1n) is 9.28. The molecule has 3 rings (SSSR count). The number of carbonyl (C=O) groups excluding carboxylic acids is 1. The van der Waals surface area contributed by atoms with Crippen molar-refractivity contribution in [3.63, 3.8) is 0 Å². The minimum atomic E-state index is -0.330. The van der Waals surface area contributed by atoms with Crippen LogP contribution in [0.5, 0.6) is 11.5 Å². The van der Waals surface area contributed by atoms with Crippen LogP contribution in [0.4, 0.5) is 5.69 Å². The van der Waals surface area contributed by atoms with Crippen molar-refractivity contribution in [3.05, 3.63) is 70.7 Å². The third kappa shape index (κ3) is 4.97. The number of nitrogens with one attached hydrogen (secondary N) is 2. The second kappa shape index (κ2) is 8.99. The normalized spacial score (nSPS) is 13.0. The van der Waals surface area contributed by atoms with Gasteiger partial charge in [-0.3, -0.25) is 10.1 Å². The molecule has 0 bridgehead atoms. The summed E-state index contributed by atoms with van der Waals surface area (Å²) in [6.45, 7) is 6.36. The Labute approximate surface area is 169 Å². The van der Waals surface area contributed by atoms with Crippen LogP contribution in [0.2, 0.25) is 0 Å². The number of hydrogen-bond acceptors (Lipinski definition) is 5. The molecule has 0 saturated heterocycles. The molecule has 1 heterocycles. The average Bonchev–Trinajstić information content (AvgIpc) is 3.25.